The zero-order chi connectivity index (χ0) is 12.3. The van der Waals surface area contributed by atoms with E-state index in [0.717, 1.165) is 30.9 Å². The number of carbonyl (C=O) groups excluding carboxylic acids is 1. The van der Waals surface area contributed by atoms with E-state index in [-0.39, 0.29) is 11.9 Å². The maximum absolute atomic E-state index is 12.1. The van der Waals surface area contributed by atoms with Crippen molar-refractivity contribution < 1.29 is 9.21 Å². The van der Waals surface area contributed by atoms with Gasteiger partial charge in [0.05, 0.1) is 12.6 Å². The van der Waals surface area contributed by atoms with Crippen LogP contribution in [0.5, 0.6) is 0 Å². The maximum Gasteiger partial charge on any atom is 0.239 e. The number of carbonyl (C=O) groups is 1. The lowest BCUT2D eigenvalue weighted by atomic mass is 10.0. The Hall–Kier alpha value is -1.29. The lowest BCUT2D eigenvalue weighted by molar-refractivity contribution is -0.133. The molecule has 1 saturated heterocycles. The van der Waals surface area contributed by atoms with Crippen LogP contribution in [0.3, 0.4) is 0 Å². The third kappa shape index (κ3) is 3.09. The molecule has 0 bridgehead atoms. The molecule has 4 heteroatoms. The lowest BCUT2D eigenvalue weighted by Gasteiger charge is -2.26. The average Bonchev–Trinajstić information content (AvgIpc) is 2.75. The number of aryl methyl sites for hydroxylation is 1. The number of hydrogen-bond donors (Lipinski definition) is 1. The molecule has 0 saturated carbocycles. The fraction of sp³-hybridized carbons (Fsp3) is 0.615. The van der Waals surface area contributed by atoms with Crippen molar-refractivity contribution in [1.29, 1.82) is 0 Å². The molecule has 1 aromatic heterocycles. The predicted octanol–water partition coefficient (Wildman–Crippen LogP) is 1.69. The highest BCUT2D eigenvalue weighted by molar-refractivity contribution is 5.81. The van der Waals surface area contributed by atoms with Crippen LogP contribution in [0.15, 0.2) is 16.5 Å². The van der Waals surface area contributed by atoms with E-state index in [2.05, 4.69) is 5.32 Å². The van der Waals surface area contributed by atoms with E-state index in [0.29, 0.717) is 6.54 Å². The number of nitrogens with zero attached hydrogens (tertiary/aromatic N) is 1. The maximum atomic E-state index is 12.1. The van der Waals surface area contributed by atoms with Gasteiger partial charge in [-0.2, -0.15) is 0 Å². The highest BCUT2D eigenvalue weighted by Crippen LogP contribution is 2.12. The molecule has 2 heterocycles. The Morgan fingerprint density at radius 2 is 2.35 bits per heavy atom. The van der Waals surface area contributed by atoms with Gasteiger partial charge in [0.2, 0.25) is 5.91 Å². The van der Waals surface area contributed by atoms with Crippen molar-refractivity contribution >= 4 is 5.91 Å². The van der Waals surface area contributed by atoms with Gasteiger partial charge in [-0.3, -0.25) is 4.79 Å². The Bertz CT molecular complexity index is 381. The quantitative estimate of drug-likeness (QED) is 0.868. The van der Waals surface area contributed by atoms with Crippen molar-refractivity contribution in [3.63, 3.8) is 0 Å². The van der Waals surface area contributed by atoms with E-state index >= 15 is 0 Å². The molecule has 1 aliphatic rings. The molecule has 1 unspecified atom stereocenters. The fourth-order valence-corrected chi connectivity index (χ4v) is 2.21. The summed E-state index contributed by atoms with van der Waals surface area (Å²) in [5.41, 5.74) is 0. The van der Waals surface area contributed by atoms with Gasteiger partial charge in [-0.15, -0.1) is 0 Å². The molecule has 1 aromatic rings. The predicted molar refractivity (Wildman–Crippen MR) is 65.6 cm³/mol. The molecular formula is C13H20N2O2. The first-order valence-corrected chi connectivity index (χ1v) is 6.20. The summed E-state index contributed by atoms with van der Waals surface area (Å²) in [7, 11) is 1.83. The van der Waals surface area contributed by atoms with Gasteiger partial charge in [-0.1, -0.05) is 6.42 Å². The van der Waals surface area contributed by atoms with Gasteiger partial charge in [-0.05, 0) is 38.4 Å². The Kier molecular flexibility index (Phi) is 3.84. The zero-order valence-corrected chi connectivity index (χ0v) is 10.5. The summed E-state index contributed by atoms with van der Waals surface area (Å²) in [4.78, 5) is 13.9. The summed E-state index contributed by atoms with van der Waals surface area (Å²) in [5, 5.41) is 3.27. The highest BCUT2D eigenvalue weighted by atomic mass is 16.3. The number of likely N-dealkylation sites (N-methyl/N-ethyl adjacent to an activating group) is 1. The Labute approximate surface area is 102 Å². The van der Waals surface area contributed by atoms with E-state index in [9.17, 15) is 4.79 Å². The molecular weight excluding hydrogens is 216 g/mol. The van der Waals surface area contributed by atoms with Gasteiger partial charge in [-0.25, -0.2) is 0 Å². The summed E-state index contributed by atoms with van der Waals surface area (Å²) in [6, 6.07) is 3.84. The first-order chi connectivity index (χ1) is 8.16. The van der Waals surface area contributed by atoms with Crippen molar-refractivity contribution in [3.8, 4) is 0 Å². The molecule has 0 aromatic carbocycles. The van der Waals surface area contributed by atoms with Gasteiger partial charge in [0.1, 0.15) is 11.5 Å². The number of piperidine rings is 1. The number of hydrogen-bond acceptors (Lipinski definition) is 3. The standard InChI is InChI=1S/C13H20N2O2/c1-10-6-7-11(17-10)9-15(2)13(16)12-5-3-4-8-14-12/h6-7,12,14H,3-5,8-9H2,1-2H3. The number of rotatable bonds is 3. The third-order valence-corrected chi connectivity index (χ3v) is 3.17. The molecule has 4 nitrogen and oxygen atoms in total. The zero-order valence-electron chi connectivity index (χ0n) is 10.5. The van der Waals surface area contributed by atoms with Gasteiger partial charge in [0.25, 0.3) is 0 Å². The molecule has 1 aliphatic heterocycles. The van der Waals surface area contributed by atoms with Crippen molar-refractivity contribution in [1.82, 2.24) is 10.2 Å². The lowest BCUT2D eigenvalue weighted by Crippen LogP contribution is -2.46. The normalized spacial score (nSPS) is 20.2. The van der Waals surface area contributed by atoms with Gasteiger partial charge >= 0.3 is 0 Å². The van der Waals surface area contributed by atoms with Crippen molar-refractivity contribution in [2.24, 2.45) is 0 Å². The van der Waals surface area contributed by atoms with Gasteiger partial charge < -0.3 is 14.6 Å². The molecule has 1 N–H and O–H groups in total. The van der Waals surface area contributed by atoms with E-state index in [1.165, 1.54) is 6.42 Å². The summed E-state index contributed by atoms with van der Waals surface area (Å²) in [6.45, 7) is 3.41. The minimum absolute atomic E-state index is 0.00944. The molecule has 17 heavy (non-hydrogen) atoms. The molecule has 1 fully saturated rings. The second-order valence-electron chi connectivity index (χ2n) is 4.71. The monoisotopic (exact) mass is 236 g/mol. The highest BCUT2D eigenvalue weighted by Gasteiger charge is 2.23. The van der Waals surface area contributed by atoms with Crippen LogP contribution >= 0.6 is 0 Å². The van der Waals surface area contributed by atoms with E-state index in [4.69, 9.17) is 4.42 Å². The molecule has 0 spiro atoms. The summed E-state index contributed by atoms with van der Waals surface area (Å²) >= 11 is 0. The Balaban J connectivity index is 1.90. The van der Waals surface area contributed by atoms with Crippen molar-refractivity contribution in [2.75, 3.05) is 13.6 Å². The molecule has 1 amide bonds. The van der Waals surface area contributed by atoms with Crippen LogP contribution in [-0.2, 0) is 11.3 Å². The number of nitrogens with one attached hydrogen (secondary N) is 1. The minimum Gasteiger partial charge on any atom is -0.464 e. The van der Waals surface area contributed by atoms with Crippen LogP contribution in [-0.4, -0.2) is 30.4 Å². The largest absolute Gasteiger partial charge is 0.464 e. The van der Waals surface area contributed by atoms with Crippen LogP contribution < -0.4 is 5.32 Å². The summed E-state index contributed by atoms with van der Waals surface area (Å²) in [5.74, 6) is 1.89. The van der Waals surface area contributed by atoms with E-state index < -0.39 is 0 Å². The minimum atomic E-state index is -0.00944. The fourth-order valence-electron chi connectivity index (χ4n) is 2.21. The van der Waals surface area contributed by atoms with Crippen molar-refractivity contribution in [2.45, 2.75) is 38.8 Å². The second-order valence-corrected chi connectivity index (χ2v) is 4.71. The molecule has 1 atom stereocenters. The first kappa shape index (κ1) is 12.2. The first-order valence-electron chi connectivity index (χ1n) is 6.20. The number of furan rings is 1. The molecule has 0 aliphatic carbocycles. The van der Waals surface area contributed by atoms with Crippen LogP contribution in [0.4, 0.5) is 0 Å². The Morgan fingerprint density at radius 3 is 2.94 bits per heavy atom. The van der Waals surface area contributed by atoms with Crippen LogP contribution in [0, 0.1) is 6.92 Å². The SMILES string of the molecule is Cc1ccc(CN(C)C(=O)C2CCCCN2)o1. The van der Waals surface area contributed by atoms with Crippen LogP contribution in [0.2, 0.25) is 0 Å². The van der Waals surface area contributed by atoms with Gasteiger partial charge in [0, 0.05) is 7.05 Å². The van der Waals surface area contributed by atoms with E-state index in [1.807, 2.05) is 26.1 Å². The van der Waals surface area contributed by atoms with E-state index in [1.54, 1.807) is 4.90 Å². The number of amides is 1. The molecule has 0 radical (unpaired) electrons. The molecule has 2 rings (SSSR count). The van der Waals surface area contributed by atoms with Crippen LogP contribution in [0.25, 0.3) is 0 Å². The molecule has 94 valence electrons. The summed E-state index contributed by atoms with van der Waals surface area (Å²) in [6.07, 6.45) is 3.25. The van der Waals surface area contributed by atoms with Crippen LogP contribution in [0.1, 0.15) is 30.8 Å². The topological polar surface area (TPSA) is 45.5 Å². The Morgan fingerprint density at radius 1 is 1.53 bits per heavy atom. The van der Waals surface area contributed by atoms with Crippen molar-refractivity contribution in [3.05, 3.63) is 23.7 Å². The summed E-state index contributed by atoms with van der Waals surface area (Å²) < 4.78 is 5.48. The van der Waals surface area contributed by atoms with Gasteiger partial charge in [0.15, 0.2) is 0 Å². The smallest absolute Gasteiger partial charge is 0.239 e. The average molecular weight is 236 g/mol. The second kappa shape index (κ2) is 5.36. The third-order valence-electron chi connectivity index (χ3n) is 3.17.